The van der Waals surface area contributed by atoms with E-state index in [1.165, 1.54) is 10.6 Å². The van der Waals surface area contributed by atoms with Crippen molar-refractivity contribution in [2.24, 2.45) is 7.05 Å². The van der Waals surface area contributed by atoms with Gasteiger partial charge in [0, 0.05) is 30.5 Å². The summed E-state index contributed by atoms with van der Waals surface area (Å²) in [6.07, 6.45) is -4.55. The first-order valence-corrected chi connectivity index (χ1v) is 11.6. The third-order valence-electron chi connectivity index (χ3n) is 6.24. The van der Waals surface area contributed by atoms with Crippen LogP contribution in [0.25, 0.3) is 22.0 Å². The van der Waals surface area contributed by atoms with Gasteiger partial charge in [-0.25, -0.2) is 4.79 Å². The number of aromatic nitrogens is 1. The maximum Gasteiger partial charge on any atom is 0.416 e. The van der Waals surface area contributed by atoms with E-state index in [2.05, 4.69) is 5.32 Å². The van der Waals surface area contributed by atoms with Crippen molar-refractivity contribution in [3.63, 3.8) is 0 Å². The van der Waals surface area contributed by atoms with Gasteiger partial charge in [-0.1, -0.05) is 18.2 Å². The molecule has 0 unspecified atom stereocenters. The first kappa shape index (κ1) is 26.1. The zero-order chi connectivity index (χ0) is 26.7. The Hall–Kier alpha value is -3.98. The topological polar surface area (TPSA) is 72.7 Å². The Morgan fingerprint density at radius 1 is 1.03 bits per heavy atom. The lowest BCUT2D eigenvalue weighted by Gasteiger charge is -2.17. The summed E-state index contributed by atoms with van der Waals surface area (Å²) in [7, 11) is 3.23. The number of benzene rings is 3. The summed E-state index contributed by atoms with van der Waals surface area (Å²) >= 11 is 0. The highest BCUT2D eigenvalue weighted by atomic mass is 19.4. The predicted molar refractivity (Wildman–Crippen MR) is 135 cm³/mol. The molecule has 6 nitrogen and oxygen atoms in total. The van der Waals surface area contributed by atoms with Crippen molar-refractivity contribution in [2.45, 2.75) is 19.1 Å². The average molecular weight is 513 g/mol. The normalized spacial score (nSPS) is 12.5. The van der Waals surface area contributed by atoms with Crippen LogP contribution in [0.1, 0.15) is 34.6 Å². The smallest absolute Gasteiger partial charge is 0.416 e. The molecule has 1 atom stereocenters. The third-order valence-corrected chi connectivity index (χ3v) is 6.24. The molecule has 0 radical (unpaired) electrons. The highest BCUT2D eigenvalue weighted by molar-refractivity contribution is 5.96. The Bertz CT molecular complexity index is 1430. The summed E-state index contributed by atoms with van der Waals surface area (Å²) in [4.78, 5) is 11.4. The predicted octanol–water partition coefficient (Wildman–Crippen LogP) is 6.30. The van der Waals surface area contributed by atoms with Crippen LogP contribution in [0.3, 0.4) is 0 Å². The van der Waals surface area contributed by atoms with Crippen molar-refractivity contribution in [1.29, 1.82) is 0 Å². The van der Waals surface area contributed by atoms with Gasteiger partial charge in [0.1, 0.15) is 23.8 Å². The summed E-state index contributed by atoms with van der Waals surface area (Å²) < 4.78 is 53.5. The number of rotatable bonds is 9. The fraction of sp³-hybridized carbons (Fsp3) is 0.250. The van der Waals surface area contributed by atoms with Crippen LogP contribution in [0.2, 0.25) is 0 Å². The molecular weight excluding hydrogens is 485 g/mol. The molecule has 0 aliphatic carbocycles. The van der Waals surface area contributed by atoms with Crippen molar-refractivity contribution < 1.29 is 32.5 Å². The lowest BCUT2D eigenvalue weighted by molar-refractivity contribution is -0.137. The van der Waals surface area contributed by atoms with E-state index in [0.717, 1.165) is 23.4 Å². The Balaban J connectivity index is 1.53. The molecule has 0 saturated heterocycles. The van der Waals surface area contributed by atoms with Gasteiger partial charge < -0.3 is 24.5 Å². The summed E-state index contributed by atoms with van der Waals surface area (Å²) in [5, 5.41) is 13.3. The number of aryl methyl sites for hydroxylation is 1. The SMILES string of the molecule is COc1cccc([C@@H](C)NCCOc2cc(-c3ccc4c(c3)cc(C(=O)O)n4C)cc(C(F)(F)F)c2)c1. The van der Waals surface area contributed by atoms with Crippen molar-refractivity contribution in [3.05, 3.63) is 83.6 Å². The largest absolute Gasteiger partial charge is 0.497 e. The number of fused-ring (bicyclic) bond motifs is 1. The quantitative estimate of drug-likeness (QED) is 0.258. The number of hydrogen-bond donors (Lipinski definition) is 2. The molecule has 194 valence electrons. The molecule has 4 aromatic rings. The van der Waals surface area contributed by atoms with Gasteiger partial charge >= 0.3 is 12.1 Å². The number of halogens is 3. The van der Waals surface area contributed by atoms with Crippen molar-refractivity contribution in [1.82, 2.24) is 9.88 Å². The molecule has 0 amide bonds. The first-order valence-electron chi connectivity index (χ1n) is 11.6. The number of aromatic carboxylic acids is 1. The Morgan fingerprint density at radius 3 is 2.51 bits per heavy atom. The van der Waals surface area contributed by atoms with Crippen LogP contribution in [-0.2, 0) is 13.2 Å². The molecule has 0 aliphatic rings. The highest BCUT2D eigenvalue weighted by Crippen LogP contribution is 2.36. The molecule has 0 spiro atoms. The summed E-state index contributed by atoms with van der Waals surface area (Å²) in [5.41, 5.74) is 1.80. The Kier molecular flexibility index (Phi) is 7.45. The lowest BCUT2D eigenvalue weighted by atomic mass is 10.0. The number of nitrogens with one attached hydrogen (secondary N) is 1. The van der Waals surface area contributed by atoms with Gasteiger partial charge in [-0.15, -0.1) is 0 Å². The second-order valence-corrected chi connectivity index (χ2v) is 8.71. The van der Waals surface area contributed by atoms with E-state index < -0.39 is 17.7 Å². The minimum Gasteiger partial charge on any atom is -0.497 e. The maximum atomic E-state index is 13.7. The van der Waals surface area contributed by atoms with Gasteiger partial charge in [-0.05, 0) is 72.1 Å². The molecule has 37 heavy (non-hydrogen) atoms. The van der Waals surface area contributed by atoms with Crippen LogP contribution >= 0.6 is 0 Å². The monoisotopic (exact) mass is 512 g/mol. The van der Waals surface area contributed by atoms with E-state index in [4.69, 9.17) is 9.47 Å². The molecule has 0 aliphatic heterocycles. The molecule has 3 aromatic carbocycles. The van der Waals surface area contributed by atoms with E-state index in [-0.39, 0.29) is 24.1 Å². The van der Waals surface area contributed by atoms with E-state index in [1.54, 1.807) is 38.4 Å². The van der Waals surface area contributed by atoms with E-state index in [9.17, 15) is 23.1 Å². The van der Waals surface area contributed by atoms with Crippen LogP contribution in [0.5, 0.6) is 11.5 Å². The molecule has 9 heteroatoms. The van der Waals surface area contributed by atoms with Crippen LogP contribution < -0.4 is 14.8 Å². The molecule has 1 heterocycles. The molecule has 1 aromatic heterocycles. The second kappa shape index (κ2) is 10.6. The molecule has 0 fully saturated rings. The summed E-state index contributed by atoms with van der Waals surface area (Å²) in [6, 6.07) is 17.8. The molecule has 4 rings (SSSR count). The number of alkyl halides is 3. The number of carboxylic acids is 1. The number of methoxy groups -OCH3 is 1. The number of nitrogens with zero attached hydrogens (tertiary/aromatic N) is 1. The summed E-state index contributed by atoms with van der Waals surface area (Å²) in [6.45, 7) is 2.55. The fourth-order valence-corrected chi connectivity index (χ4v) is 4.22. The van der Waals surface area contributed by atoms with Gasteiger partial charge in [0.15, 0.2) is 0 Å². The first-order chi connectivity index (χ1) is 17.6. The van der Waals surface area contributed by atoms with Crippen molar-refractivity contribution in [3.8, 4) is 22.6 Å². The van der Waals surface area contributed by atoms with E-state index >= 15 is 0 Å². The van der Waals surface area contributed by atoms with E-state index in [1.807, 2.05) is 31.2 Å². The number of carbonyl (C=O) groups is 1. The minimum absolute atomic E-state index is 0.0101. The average Bonchev–Trinajstić information content (AvgIpc) is 3.21. The maximum absolute atomic E-state index is 13.7. The number of carboxylic acid groups (broad SMARTS) is 1. The Labute approximate surface area is 212 Å². The zero-order valence-corrected chi connectivity index (χ0v) is 20.6. The molecule has 0 saturated carbocycles. The molecular formula is C28H27F3N2O4. The van der Waals surface area contributed by atoms with Crippen molar-refractivity contribution in [2.75, 3.05) is 20.3 Å². The molecule has 2 N–H and O–H groups in total. The fourth-order valence-electron chi connectivity index (χ4n) is 4.22. The van der Waals surface area contributed by atoms with Gasteiger partial charge in [0.2, 0.25) is 0 Å². The van der Waals surface area contributed by atoms with Gasteiger partial charge in [-0.3, -0.25) is 0 Å². The van der Waals surface area contributed by atoms with Crippen molar-refractivity contribution >= 4 is 16.9 Å². The van der Waals surface area contributed by atoms with Gasteiger partial charge in [-0.2, -0.15) is 13.2 Å². The summed E-state index contributed by atoms with van der Waals surface area (Å²) in [5.74, 6) is -0.240. The standard InChI is InChI=1S/C28H27F3N2O4/c1-17(18-5-4-6-23(13-18)36-3)32-9-10-37-24-14-20(12-22(16-24)28(29,30)31)19-7-8-25-21(11-19)15-26(27(34)35)33(25)2/h4-8,11-17,32H,9-10H2,1-3H3,(H,34,35)/t17-/m1/s1. The number of hydrogen-bond acceptors (Lipinski definition) is 4. The zero-order valence-electron chi connectivity index (χ0n) is 20.6. The lowest BCUT2D eigenvalue weighted by Crippen LogP contribution is -2.24. The van der Waals surface area contributed by atoms with Gasteiger partial charge in [0.05, 0.1) is 12.7 Å². The minimum atomic E-state index is -4.55. The van der Waals surface area contributed by atoms with Crippen LogP contribution in [0.15, 0.2) is 66.7 Å². The second-order valence-electron chi connectivity index (χ2n) is 8.71. The van der Waals surface area contributed by atoms with Crippen LogP contribution in [0, 0.1) is 0 Å². The molecule has 0 bridgehead atoms. The van der Waals surface area contributed by atoms with Crippen LogP contribution in [-0.4, -0.2) is 35.9 Å². The number of ether oxygens (including phenoxy) is 2. The van der Waals surface area contributed by atoms with Crippen LogP contribution in [0.4, 0.5) is 13.2 Å². The van der Waals surface area contributed by atoms with E-state index in [0.29, 0.717) is 28.6 Å². The Morgan fingerprint density at radius 2 is 1.81 bits per heavy atom. The van der Waals surface area contributed by atoms with Gasteiger partial charge in [0.25, 0.3) is 0 Å². The third kappa shape index (κ3) is 5.89. The highest BCUT2D eigenvalue weighted by Gasteiger charge is 2.31.